The Morgan fingerprint density at radius 1 is 0.929 bits per heavy atom. The van der Waals surface area contributed by atoms with Crippen LogP contribution in [0.3, 0.4) is 0 Å². The van der Waals surface area contributed by atoms with Gasteiger partial charge in [-0.1, -0.05) is 66.7 Å². The van der Waals surface area contributed by atoms with Crippen molar-refractivity contribution in [3.8, 4) is 5.75 Å². The second-order valence-corrected chi connectivity index (χ2v) is 10.9. The number of carbonyl (C=O) groups excluding carboxylic acids is 3. The van der Waals surface area contributed by atoms with Gasteiger partial charge in [0, 0.05) is 26.7 Å². The number of nitrogens with one attached hydrogen (secondary N) is 2. The fourth-order valence-electron chi connectivity index (χ4n) is 6.62. The third kappa shape index (κ3) is 5.39. The standard InChI is InChI=1S/C34H39N3O5/c1-4-35-33(40)34(23-12-6-5-7-13-23)20-18-25(24-14-8-10-16-27(24)34)32(39)37-21-19-28(30(22-37)42-3)36-31(38)26-15-9-11-17-29(26)41-2/h5-17,25,28,30H,4,18-22H2,1-3H3,(H,35,40)(H,36,38)/t25?,28?,30?,34-/m0/s1. The van der Waals surface area contributed by atoms with Gasteiger partial charge in [-0.2, -0.15) is 0 Å². The van der Waals surface area contributed by atoms with Gasteiger partial charge >= 0.3 is 0 Å². The molecule has 1 saturated heterocycles. The number of methoxy groups -OCH3 is 2. The molecule has 3 amide bonds. The SMILES string of the molecule is CCNC(=O)[C@]1(c2ccccc2)CCC(C(=O)N2CCC(NC(=O)c3ccccc3OC)C(OC)C2)c2ccccc21. The highest BCUT2D eigenvalue weighted by Gasteiger charge is 2.49. The van der Waals surface area contributed by atoms with Crippen LogP contribution in [0.1, 0.15) is 59.2 Å². The Hall–Kier alpha value is -4.17. The number of para-hydroxylation sites is 1. The zero-order valence-corrected chi connectivity index (χ0v) is 24.5. The number of hydrogen-bond donors (Lipinski definition) is 2. The predicted molar refractivity (Wildman–Crippen MR) is 161 cm³/mol. The number of carbonyl (C=O) groups is 3. The third-order valence-electron chi connectivity index (χ3n) is 8.74. The van der Waals surface area contributed by atoms with Crippen LogP contribution in [0.4, 0.5) is 0 Å². The van der Waals surface area contributed by atoms with E-state index in [9.17, 15) is 14.4 Å². The van der Waals surface area contributed by atoms with Crippen LogP contribution in [0.2, 0.25) is 0 Å². The van der Waals surface area contributed by atoms with E-state index in [2.05, 4.69) is 10.6 Å². The summed E-state index contributed by atoms with van der Waals surface area (Å²) in [6, 6.07) is 24.6. The van der Waals surface area contributed by atoms with E-state index in [4.69, 9.17) is 9.47 Å². The van der Waals surface area contributed by atoms with Crippen LogP contribution in [0.15, 0.2) is 78.9 Å². The van der Waals surface area contributed by atoms with Gasteiger partial charge in [0.25, 0.3) is 5.91 Å². The van der Waals surface area contributed by atoms with E-state index in [-0.39, 0.29) is 35.8 Å². The Bertz CT molecular complexity index is 1430. The first-order valence-electron chi connectivity index (χ1n) is 14.6. The summed E-state index contributed by atoms with van der Waals surface area (Å²) >= 11 is 0. The molecular weight excluding hydrogens is 530 g/mol. The van der Waals surface area contributed by atoms with E-state index in [1.807, 2.05) is 72.5 Å². The average Bonchev–Trinajstić information content (AvgIpc) is 3.04. The van der Waals surface area contributed by atoms with Gasteiger partial charge in [-0.15, -0.1) is 0 Å². The summed E-state index contributed by atoms with van der Waals surface area (Å²) in [4.78, 5) is 42.8. The Morgan fingerprint density at radius 2 is 1.64 bits per heavy atom. The molecule has 0 saturated carbocycles. The van der Waals surface area contributed by atoms with E-state index in [0.29, 0.717) is 50.2 Å². The van der Waals surface area contributed by atoms with Gasteiger partial charge in [0.15, 0.2) is 0 Å². The van der Waals surface area contributed by atoms with Crippen LogP contribution in [0, 0.1) is 0 Å². The summed E-state index contributed by atoms with van der Waals surface area (Å²) < 4.78 is 11.1. The van der Waals surface area contributed by atoms with Crippen molar-refractivity contribution in [2.45, 2.75) is 49.7 Å². The highest BCUT2D eigenvalue weighted by molar-refractivity contribution is 5.97. The normalized spacial score (nSPS) is 23.4. The molecule has 42 heavy (non-hydrogen) atoms. The molecule has 2 N–H and O–H groups in total. The molecule has 0 spiro atoms. The van der Waals surface area contributed by atoms with E-state index in [1.54, 1.807) is 25.3 Å². The summed E-state index contributed by atoms with van der Waals surface area (Å²) in [5.41, 5.74) is 2.30. The number of fused-ring (bicyclic) bond motifs is 1. The maximum atomic E-state index is 14.1. The average molecular weight is 570 g/mol. The lowest BCUT2D eigenvalue weighted by atomic mass is 9.62. The molecule has 3 aromatic rings. The maximum Gasteiger partial charge on any atom is 0.255 e. The van der Waals surface area contributed by atoms with Crippen molar-refractivity contribution in [3.63, 3.8) is 0 Å². The van der Waals surface area contributed by atoms with E-state index in [1.165, 1.54) is 7.11 Å². The number of nitrogens with zero attached hydrogens (tertiary/aromatic N) is 1. The van der Waals surface area contributed by atoms with E-state index >= 15 is 0 Å². The zero-order valence-electron chi connectivity index (χ0n) is 24.5. The summed E-state index contributed by atoms with van der Waals surface area (Å²) in [6.07, 6.45) is 1.27. The molecule has 3 unspecified atom stereocenters. The molecule has 220 valence electrons. The summed E-state index contributed by atoms with van der Waals surface area (Å²) in [5, 5.41) is 6.16. The van der Waals surface area contributed by atoms with Crippen LogP contribution in [0.5, 0.6) is 5.75 Å². The molecular formula is C34H39N3O5. The first-order valence-corrected chi connectivity index (χ1v) is 14.6. The maximum absolute atomic E-state index is 14.1. The molecule has 3 aromatic carbocycles. The van der Waals surface area contributed by atoms with Crippen molar-refractivity contribution in [2.75, 3.05) is 33.9 Å². The van der Waals surface area contributed by atoms with Crippen molar-refractivity contribution in [1.29, 1.82) is 0 Å². The largest absolute Gasteiger partial charge is 0.496 e. The fraction of sp³-hybridized carbons (Fsp3) is 0.382. The summed E-state index contributed by atoms with van der Waals surface area (Å²) in [5.74, 6) is -0.114. The minimum atomic E-state index is -0.866. The van der Waals surface area contributed by atoms with Crippen LogP contribution < -0.4 is 15.4 Å². The highest BCUT2D eigenvalue weighted by Crippen LogP contribution is 2.48. The Labute approximate surface area is 247 Å². The Balaban J connectivity index is 1.37. The lowest BCUT2D eigenvalue weighted by molar-refractivity contribution is -0.138. The lowest BCUT2D eigenvalue weighted by Crippen LogP contribution is -2.57. The molecule has 8 heteroatoms. The second-order valence-electron chi connectivity index (χ2n) is 10.9. The van der Waals surface area contributed by atoms with Crippen LogP contribution >= 0.6 is 0 Å². The number of likely N-dealkylation sites (tertiary alicyclic amines) is 1. The Morgan fingerprint density at radius 3 is 2.38 bits per heavy atom. The molecule has 1 fully saturated rings. The van der Waals surface area contributed by atoms with E-state index < -0.39 is 5.41 Å². The number of hydrogen-bond acceptors (Lipinski definition) is 5. The summed E-state index contributed by atoms with van der Waals surface area (Å²) in [6.45, 7) is 3.31. The predicted octanol–water partition coefficient (Wildman–Crippen LogP) is 4.04. The molecule has 0 aromatic heterocycles. The van der Waals surface area contributed by atoms with Crippen molar-refractivity contribution in [3.05, 3.63) is 101 Å². The molecule has 1 aliphatic heterocycles. The second kappa shape index (κ2) is 12.8. The Kier molecular flexibility index (Phi) is 8.92. The monoisotopic (exact) mass is 569 g/mol. The number of piperidine rings is 1. The quantitative estimate of drug-likeness (QED) is 0.427. The van der Waals surface area contributed by atoms with Crippen LogP contribution in [-0.2, 0) is 19.7 Å². The smallest absolute Gasteiger partial charge is 0.255 e. The van der Waals surface area contributed by atoms with Gasteiger partial charge in [-0.05, 0) is 55.0 Å². The van der Waals surface area contributed by atoms with Crippen molar-refractivity contribution in [1.82, 2.24) is 15.5 Å². The highest BCUT2D eigenvalue weighted by atomic mass is 16.5. The molecule has 0 bridgehead atoms. The van der Waals surface area contributed by atoms with Crippen LogP contribution in [0.25, 0.3) is 0 Å². The molecule has 1 aliphatic carbocycles. The topological polar surface area (TPSA) is 97.0 Å². The molecule has 1 heterocycles. The van der Waals surface area contributed by atoms with E-state index in [0.717, 1.165) is 16.7 Å². The minimum Gasteiger partial charge on any atom is -0.496 e. The molecule has 8 nitrogen and oxygen atoms in total. The van der Waals surface area contributed by atoms with Crippen molar-refractivity contribution >= 4 is 17.7 Å². The van der Waals surface area contributed by atoms with Gasteiger partial charge < -0.3 is 25.0 Å². The van der Waals surface area contributed by atoms with Gasteiger partial charge in [-0.25, -0.2) is 0 Å². The van der Waals surface area contributed by atoms with Crippen LogP contribution in [-0.4, -0.2) is 68.6 Å². The zero-order chi connectivity index (χ0) is 29.7. The third-order valence-corrected chi connectivity index (χ3v) is 8.74. The number of benzene rings is 3. The van der Waals surface area contributed by atoms with Gasteiger partial charge in [0.2, 0.25) is 11.8 Å². The molecule has 0 radical (unpaired) electrons. The number of amides is 3. The first kappa shape index (κ1) is 29.3. The van der Waals surface area contributed by atoms with Crippen molar-refractivity contribution < 1.29 is 23.9 Å². The summed E-state index contributed by atoms with van der Waals surface area (Å²) in [7, 11) is 3.15. The van der Waals surface area contributed by atoms with Gasteiger partial charge in [-0.3, -0.25) is 14.4 Å². The molecule has 4 atom stereocenters. The first-order chi connectivity index (χ1) is 20.4. The number of ether oxygens (including phenoxy) is 2. The van der Waals surface area contributed by atoms with Gasteiger partial charge in [0.05, 0.1) is 36.2 Å². The fourth-order valence-corrected chi connectivity index (χ4v) is 6.62. The number of rotatable bonds is 8. The lowest BCUT2D eigenvalue weighted by Gasteiger charge is -2.43. The molecule has 5 rings (SSSR count). The minimum absolute atomic E-state index is 0.0246. The van der Waals surface area contributed by atoms with Crippen molar-refractivity contribution in [2.24, 2.45) is 0 Å². The molecule has 2 aliphatic rings. The number of likely N-dealkylation sites (N-methyl/N-ethyl adjacent to an activating group) is 1. The van der Waals surface area contributed by atoms with Gasteiger partial charge in [0.1, 0.15) is 5.75 Å².